The number of hydrogen-bond acceptors (Lipinski definition) is 4. The van der Waals surface area contributed by atoms with Crippen LogP contribution in [0.1, 0.15) is 12.8 Å². The zero-order valence-corrected chi connectivity index (χ0v) is 11.4. The van der Waals surface area contributed by atoms with Crippen LogP contribution in [0.2, 0.25) is 19.1 Å². The van der Waals surface area contributed by atoms with Crippen molar-refractivity contribution in [1.82, 2.24) is 10.1 Å². The number of nitrogens with two attached hydrogens (primary N) is 1. The van der Waals surface area contributed by atoms with Crippen LogP contribution in [0.5, 0.6) is 0 Å². The number of hydrogen-bond donors (Lipinski definition) is 1. The second-order valence-electron chi connectivity index (χ2n) is 4.64. The van der Waals surface area contributed by atoms with Gasteiger partial charge in [0.15, 0.2) is 0 Å². The Labute approximate surface area is 94.7 Å². The summed E-state index contributed by atoms with van der Waals surface area (Å²) in [6, 6.07) is 1.46. The first kappa shape index (κ1) is 12.7. The fourth-order valence-corrected chi connectivity index (χ4v) is 2.89. The highest BCUT2D eigenvalue weighted by Crippen LogP contribution is 2.09. The van der Waals surface area contributed by atoms with Crippen molar-refractivity contribution in [2.75, 3.05) is 26.7 Å². The summed E-state index contributed by atoms with van der Waals surface area (Å²) in [7, 11) is 1.65. The number of nitrogens with zero attached hydrogens (tertiary/aromatic N) is 3. The van der Waals surface area contributed by atoms with E-state index in [1.54, 1.807) is 0 Å². The van der Waals surface area contributed by atoms with Gasteiger partial charge in [-0.15, -0.1) is 0 Å². The van der Waals surface area contributed by atoms with Crippen molar-refractivity contribution in [2.45, 2.75) is 32.0 Å². The SMILES string of the molecule is CN1N=C(CN)CN1CCCC[SiH](C)C. The fraction of sp³-hybridized carbons (Fsp3) is 0.900. The molecule has 1 aliphatic rings. The summed E-state index contributed by atoms with van der Waals surface area (Å²) >= 11 is 0. The lowest BCUT2D eigenvalue weighted by Crippen LogP contribution is -2.34. The van der Waals surface area contributed by atoms with Crippen LogP contribution in [0, 0.1) is 0 Å². The Hall–Kier alpha value is -0.393. The highest BCUT2D eigenvalue weighted by molar-refractivity contribution is 6.55. The molecule has 1 heterocycles. The normalized spacial score (nSPS) is 17.7. The zero-order chi connectivity index (χ0) is 11.3. The van der Waals surface area contributed by atoms with Crippen LogP contribution in [-0.2, 0) is 0 Å². The van der Waals surface area contributed by atoms with E-state index in [2.05, 4.69) is 23.2 Å². The lowest BCUT2D eigenvalue weighted by atomic mass is 10.3. The lowest BCUT2D eigenvalue weighted by molar-refractivity contribution is 0.0363. The zero-order valence-electron chi connectivity index (χ0n) is 10.2. The molecule has 0 bridgehead atoms. The van der Waals surface area contributed by atoms with E-state index in [9.17, 15) is 0 Å². The molecule has 0 aromatic carbocycles. The molecule has 0 saturated heterocycles. The van der Waals surface area contributed by atoms with E-state index >= 15 is 0 Å². The average Bonchev–Trinajstić information content (AvgIpc) is 2.54. The van der Waals surface area contributed by atoms with E-state index in [0.29, 0.717) is 6.54 Å². The Bertz CT molecular complexity index is 217. The molecule has 0 unspecified atom stereocenters. The molecule has 0 aromatic rings. The summed E-state index contributed by atoms with van der Waals surface area (Å²) in [5.74, 6) is 0. The third-order valence-corrected chi connectivity index (χ3v) is 4.31. The van der Waals surface area contributed by atoms with Gasteiger partial charge in [-0.2, -0.15) is 10.1 Å². The van der Waals surface area contributed by atoms with Crippen LogP contribution in [0.15, 0.2) is 5.10 Å². The first-order chi connectivity index (χ1) is 7.13. The van der Waals surface area contributed by atoms with Crippen LogP contribution >= 0.6 is 0 Å². The predicted octanol–water partition coefficient (Wildman–Crippen LogP) is 0.730. The van der Waals surface area contributed by atoms with Gasteiger partial charge in [-0.25, -0.2) is 5.12 Å². The fourth-order valence-electron chi connectivity index (χ4n) is 1.79. The predicted molar refractivity (Wildman–Crippen MR) is 68.7 cm³/mol. The molecular weight excluding hydrogens is 204 g/mol. The lowest BCUT2D eigenvalue weighted by Gasteiger charge is -2.22. The van der Waals surface area contributed by atoms with Crippen molar-refractivity contribution in [3.05, 3.63) is 0 Å². The van der Waals surface area contributed by atoms with E-state index < -0.39 is 0 Å². The Balaban J connectivity index is 2.13. The Morgan fingerprint density at radius 1 is 1.40 bits per heavy atom. The van der Waals surface area contributed by atoms with Crippen LogP contribution in [0.3, 0.4) is 0 Å². The van der Waals surface area contributed by atoms with Crippen molar-refractivity contribution < 1.29 is 0 Å². The van der Waals surface area contributed by atoms with Gasteiger partial charge < -0.3 is 5.73 Å². The molecule has 15 heavy (non-hydrogen) atoms. The van der Waals surface area contributed by atoms with Gasteiger partial charge in [-0.1, -0.05) is 25.6 Å². The highest BCUT2D eigenvalue weighted by atomic mass is 28.3. The maximum absolute atomic E-state index is 5.57. The minimum Gasteiger partial charge on any atom is -0.325 e. The first-order valence-corrected chi connectivity index (χ1v) is 9.01. The van der Waals surface area contributed by atoms with Crippen LogP contribution in [0.25, 0.3) is 0 Å². The van der Waals surface area contributed by atoms with Gasteiger partial charge in [0.1, 0.15) is 0 Å². The van der Waals surface area contributed by atoms with Crippen molar-refractivity contribution >= 4 is 14.5 Å². The van der Waals surface area contributed by atoms with Gasteiger partial charge in [0.25, 0.3) is 0 Å². The highest BCUT2D eigenvalue weighted by Gasteiger charge is 2.18. The van der Waals surface area contributed by atoms with Crippen molar-refractivity contribution in [1.29, 1.82) is 0 Å². The molecule has 88 valence electrons. The third-order valence-electron chi connectivity index (χ3n) is 2.74. The Morgan fingerprint density at radius 2 is 2.13 bits per heavy atom. The van der Waals surface area contributed by atoms with Gasteiger partial charge in [0, 0.05) is 28.9 Å². The maximum atomic E-state index is 5.57. The number of hydrazine groups is 1. The van der Waals surface area contributed by atoms with E-state index in [0.717, 1.165) is 18.8 Å². The van der Waals surface area contributed by atoms with Gasteiger partial charge in [-0.3, -0.25) is 0 Å². The number of hydrazone groups is 1. The first-order valence-electron chi connectivity index (χ1n) is 5.88. The van der Waals surface area contributed by atoms with Crippen molar-refractivity contribution in [3.8, 4) is 0 Å². The van der Waals surface area contributed by atoms with Crippen molar-refractivity contribution in [2.24, 2.45) is 10.8 Å². The molecule has 0 radical (unpaired) electrons. The topological polar surface area (TPSA) is 44.9 Å². The summed E-state index contributed by atoms with van der Waals surface area (Å²) < 4.78 is 0. The molecule has 4 nitrogen and oxygen atoms in total. The minimum atomic E-state index is -0.351. The van der Waals surface area contributed by atoms with Gasteiger partial charge >= 0.3 is 0 Å². The minimum absolute atomic E-state index is 0.351. The molecule has 0 spiro atoms. The molecule has 0 atom stereocenters. The molecule has 0 aliphatic carbocycles. The van der Waals surface area contributed by atoms with E-state index in [-0.39, 0.29) is 8.80 Å². The maximum Gasteiger partial charge on any atom is 0.0691 e. The van der Waals surface area contributed by atoms with E-state index in [4.69, 9.17) is 5.73 Å². The number of unbranched alkanes of at least 4 members (excludes halogenated alkanes) is 1. The monoisotopic (exact) mass is 228 g/mol. The largest absolute Gasteiger partial charge is 0.325 e. The second-order valence-corrected chi connectivity index (χ2v) is 8.00. The summed E-state index contributed by atoms with van der Waals surface area (Å²) in [5, 5.41) is 8.57. The second kappa shape index (κ2) is 6.25. The average molecular weight is 228 g/mol. The molecule has 1 rings (SSSR count). The summed E-state index contributed by atoms with van der Waals surface area (Å²) in [4.78, 5) is 0. The smallest absolute Gasteiger partial charge is 0.0691 e. The molecular formula is C10H24N4Si. The third kappa shape index (κ3) is 4.32. The van der Waals surface area contributed by atoms with Crippen LogP contribution < -0.4 is 5.73 Å². The van der Waals surface area contributed by atoms with Gasteiger partial charge in [0.05, 0.1) is 12.3 Å². The van der Waals surface area contributed by atoms with Gasteiger partial charge in [-0.05, 0) is 6.42 Å². The Morgan fingerprint density at radius 3 is 2.67 bits per heavy atom. The molecule has 0 saturated carbocycles. The van der Waals surface area contributed by atoms with Crippen LogP contribution in [0.4, 0.5) is 0 Å². The Kier molecular flexibility index (Phi) is 5.28. The summed E-state index contributed by atoms with van der Waals surface area (Å²) in [6.45, 7) is 7.45. The molecule has 5 heteroatoms. The van der Waals surface area contributed by atoms with Crippen LogP contribution in [-0.4, -0.2) is 51.3 Å². The molecule has 0 aromatic heterocycles. The molecule has 2 N–H and O–H groups in total. The quantitative estimate of drug-likeness (QED) is 0.538. The summed E-state index contributed by atoms with van der Waals surface area (Å²) in [6.07, 6.45) is 2.65. The standard InChI is InChI=1S/C10H24N4Si/c1-13-12-10(8-11)9-14(13)6-4-5-7-15(2)3/h15H,4-9,11H2,1-3H3. The van der Waals surface area contributed by atoms with E-state index in [1.165, 1.54) is 18.9 Å². The van der Waals surface area contributed by atoms with Crippen molar-refractivity contribution in [3.63, 3.8) is 0 Å². The molecule has 0 fully saturated rings. The van der Waals surface area contributed by atoms with Gasteiger partial charge in [0.2, 0.25) is 0 Å². The van der Waals surface area contributed by atoms with E-state index in [1.807, 2.05) is 12.2 Å². The number of rotatable bonds is 6. The molecule has 0 amide bonds. The summed E-state index contributed by atoms with van der Waals surface area (Å²) in [5.41, 5.74) is 6.67. The molecule has 1 aliphatic heterocycles.